The summed E-state index contributed by atoms with van der Waals surface area (Å²) in [6.45, 7) is 3.11. The number of methoxy groups -OCH3 is 1. The highest BCUT2D eigenvalue weighted by molar-refractivity contribution is 9.10. The molecule has 126 valence electrons. The van der Waals surface area contributed by atoms with Gasteiger partial charge in [0, 0.05) is 16.7 Å². The van der Waals surface area contributed by atoms with Crippen LogP contribution >= 0.6 is 15.9 Å². The summed E-state index contributed by atoms with van der Waals surface area (Å²) in [5, 5.41) is 3.35. The van der Waals surface area contributed by atoms with Crippen molar-refractivity contribution in [1.29, 1.82) is 0 Å². The van der Waals surface area contributed by atoms with Crippen molar-refractivity contribution in [2.75, 3.05) is 19.0 Å². The van der Waals surface area contributed by atoms with Crippen molar-refractivity contribution in [2.24, 2.45) is 0 Å². The van der Waals surface area contributed by atoms with Crippen LogP contribution in [0.4, 0.5) is 5.69 Å². The summed E-state index contributed by atoms with van der Waals surface area (Å²) in [6.07, 6.45) is 0. The zero-order chi connectivity index (χ0) is 17.1. The molecule has 3 aromatic rings. The molecule has 0 aliphatic carbocycles. The Morgan fingerprint density at radius 1 is 1.12 bits per heavy atom. The van der Waals surface area contributed by atoms with Gasteiger partial charge in [0.05, 0.1) is 24.8 Å². The second kappa shape index (κ2) is 7.00. The third kappa shape index (κ3) is 3.41. The van der Waals surface area contributed by atoms with Gasteiger partial charge in [0.25, 0.3) is 0 Å². The smallest absolute Gasteiger partial charge is 0.323 e. The van der Waals surface area contributed by atoms with Gasteiger partial charge < -0.3 is 24.8 Å². The van der Waals surface area contributed by atoms with Crippen LogP contribution in [0.5, 0.6) is 11.5 Å². The van der Waals surface area contributed by atoms with Crippen molar-refractivity contribution in [3.63, 3.8) is 0 Å². The van der Waals surface area contributed by atoms with E-state index in [2.05, 4.69) is 31.2 Å². The van der Waals surface area contributed by atoms with Crippen LogP contribution in [0.25, 0.3) is 11.0 Å². The second-order valence-corrected chi connectivity index (χ2v) is 6.07. The maximum atomic E-state index is 11.3. The molecule has 0 atom stereocenters. The number of aromatic nitrogens is 2. The van der Waals surface area contributed by atoms with Gasteiger partial charge in [0.2, 0.25) is 0 Å². The average Bonchev–Trinajstić information content (AvgIpc) is 2.94. The van der Waals surface area contributed by atoms with Gasteiger partial charge in [-0.1, -0.05) is 15.9 Å². The Balaban J connectivity index is 1.81. The molecule has 0 fully saturated rings. The first-order chi connectivity index (χ1) is 11.6. The van der Waals surface area contributed by atoms with Gasteiger partial charge in [0.1, 0.15) is 0 Å². The van der Waals surface area contributed by atoms with E-state index >= 15 is 0 Å². The highest BCUT2D eigenvalue weighted by Crippen LogP contribution is 2.34. The Hall–Kier alpha value is -2.41. The summed E-state index contributed by atoms with van der Waals surface area (Å²) in [5.74, 6) is 1.41. The normalized spacial score (nSPS) is 10.8. The lowest BCUT2D eigenvalue weighted by Gasteiger charge is -2.14. The van der Waals surface area contributed by atoms with Crippen LogP contribution in [-0.2, 0) is 6.54 Å². The van der Waals surface area contributed by atoms with Crippen LogP contribution in [0.15, 0.2) is 39.6 Å². The van der Waals surface area contributed by atoms with E-state index in [1.165, 1.54) is 0 Å². The van der Waals surface area contributed by atoms with Crippen LogP contribution in [0, 0.1) is 0 Å². The first-order valence-corrected chi connectivity index (χ1v) is 8.35. The standard InChI is InChI=1S/C17H18BrN3O3/c1-3-24-16-6-10(12(18)8-15(16)23-2)9-19-11-4-5-13-14(7-11)21-17(22)20-13/h4-8,19H,3,9H2,1-2H3,(H2,20,21,22). The molecule has 0 amide bonds. The lowest BCUT2D eigenvalue weighted by atomic mass is 10.2. The number of fused-ring (bicyclic) bond motifs is 1. The topological polar surface area (TPSA) is 79.1 Å². The molecule has 6 nitrogen and oxygen atoms in total. The number of benzene rings is 2. The fraction of sp³-hybridized carbons (Fsp3) is 0.235. The zero-order valence-corrected chi connectivity index (χ0v) is 15.0. The number of halogens is 1. The summed E-state index contributed by atoms with van der Waals surface area (Å²) in [4.78, 5) is 16.8. The maximum Gasteiger partial charge on any atom is 0.323 e. The molecule has 0 spiro atoms. The molecular weight excluding hydrogens is 374 g/mol. The molecule has 0 saturated carbocycles. The minimum Gasteiger partial charge on any atom is -0.493 e. The maximum absolute atomic E-state index is 11.3. The number of H-pyrrole nitrogens is 2. The zero-order valence-electron chi connectivity index (χ0n) is 13.4. The number of anilines is 1. The summed E-state index contributed by atoms with van der Waals surface area (Å²) >= 11 is 3.56. The highest BCUT2D eigenvalue weighted by atomic mass is 79.9. The van der Waals surface area contributed by atoms with E-state index in [-0.39, 0.29) is 5.69 Å². The third-order valence-electron chi connectivity index (χ3n) is 3.63. The molecule has 7 heteroatoms. The summed E-state index contributed by atoms with van der Waals surface area (Å²) in [5.41, 5.74) is 3.31. The number of hydrogen-bond donors (Lipinski definition) is 3. The average molecular weight is 392 g/mol. The van der Waals surface area contributed by atoms with Crippen molar-refractivity contribution in [2.45, 2.75) is 13.5 Å². The minimum atomic E-state index is -0.207. The van der Waals surface area contributed by atoms with Gasteiger partial charge in [-0.2, -0.15) is 0 Å². The van der Waals surface area contributed by atoms with E-state index in [9.17, 15) is 4.79 Å². The molecule has 3 rings (SSSR count). The number of hydrogen-bond acceptors (Lipinski definition) is 4. The Bertz CT molecular complexity index is 917. The second-order valence-electron chi connectivity index (χ2n) is 5.22. The van der Waals surface area contributed by atoms with Gasteiger partial charge in [0.15, 0.2) is 11.5 Å². The van der Waals surface area contributed by atoms with E-state index in [1.807, 2.05) is 37.3 Å². The summed E-state index contributed by atoms with van der Waals surface area (Å²) in [6, 6.07) is 9.54. The molecule has 0 aliphatic rings. The minimum absolute atomic E-state index is 0.207. The van der Waals surface area contributed by atoms with Crippen molar-refractivity contribution in [3.8, 4) is 11.5 Å². The van der Waals surface area contributed by atoms with Crippen LogP contribution in [0.3, 0.4) is 0 Å². The molecule has 1 aromatic heterocycles. The van der Waals surface area contributed by atoms with E-state index in [1.54, 1.807) is 7.11 Å². The van der Waals surface area contributed by atoms with Gasteiger partial charge >= 0.3 is 5.69 Å². The van der Waals surface area contributed by atoms with Gasteiger partial charge in [-0.05, 0) is 42.8 Å². The summed E-state index contributed by atoms with van der Waals surface area (Å²) in [7, 11) is 1.62. The first-order valence-electron chi connectivity index (χ1n) is 7.56. The SMILES string of the molecule is CCOc1cc(CNc2ccc3[nH]c(=O)[nH]c3c2)c(Br)cc1OC. The predicted octanol–water partition coefficient (Wildman–Crippen LogP) is 3.64. The fourth-order valence-corrected chi connectivity index (χ4v) is 2.94. The first kappa shape index (κ1) is 16.4. The molecule has 24 heavy (non-hydrogen) atoms. The van der Waals surface area contributed by atoms with E-state index in [4.69, 9.17) is 9.47 Å². The molecule has 0 radical (unpaired) electrons. The van der Waals surface area contributed by atoms with Crippen LogP contribution in [0.1, 0.15) is 12.5 Å². The summed E-state index contributed by atoms with van der Waals surface area (Å²) < 4.78 is 11.9. The quantitative estimate of drug-likeness (QED) is 0.599. The van der Waals surface area contributed by atoms with Crippen molar-refractivity contribution in [3.05, 3.63) is 50.9 Å². The van der Waals surface area contributed by atoms with Gasteiger partial charge in [-0.15, -0.1) is 0 Å². The number of nitrogens with one attached hydrogen (secondary N) is 3. The number of imidazole rings is 1. The van der Waals surface area contributed by atoms with Crippen molar-refractivity contribution in [1.82, 2.24) is 9.97 Å². The van der Waals surface area contributed by atoms with Gasteiger partial charge in [-0.25, -0.2) is 4.79 Å². The van der Waals surface area contributed by atoms with E-state index in [0.717, 1.165) is 26.8 Å². The molecular formula is C17H18BrN3O3. The lowest BCUT2D eigenvalue weighted by molar-refractivity contribution is 0.310. The highest BCUT2D eigenvalue weighted by Gasteiger charge is 2.10. The number of ether oxygens (including phenoxy) is 2. The molecule has 0 aliphatic heterocycles. The molecule has 0 bridgehead atoms. The van der Waals surface area contributed by atoms with Crippen molar-refractivity contribution >= 4 is 32.7 Å². The number of aromatic amines is 2. The van der Waals surface area contributed by atoms with Crippen LogP contribution in [0.2, 0.25) is 0 Å². The Morgan fingerprint density at radius 2 is 1.92 bits per heavy atom. The molecule has 1 heterocycles. The predicted molar refractivity (Wildman–Crippen MR) is 98.1 cm³/mol. The van der Waals surface area contributed by atoms with Crippen molar-refractivity contribution < 1.29 is 9.47 Å². The molecule has 2 aromatic carbocycles. The largest absolute Gasteiger partial charge is 0.493 e. The Labute approximate surface area is 147 Å². The monoisotopic (exact) mass is 391 g/mol. The van der Waals surface area contributed by atoms with Gasteiger partial charge in [-0.3, -0.25) is 0 Å². The Kier molecular flexibility index (Phi) is 4.80. The fourth-order valence-electron chi connectivity index (χ4n) is 2.48. The third-order valence-corrected chi connectivity index (χ3v) is 4.37. The Morgan fingerprint density at radius 3 is 2.67 bits per heavy atom. The lowest BCUT2D eigenvalue weighted by Crippen LogP contribution is -2.03. The van der Waals surface area contributed by atoms with Crippen LogP contribution < -0.4 is 20.5 Å². The van der Waals surface area contributed by atoms with E-state index < -0.39 is 0 Å². The van der Waals surface area contributed by atoms with Crippen LogP contribution in [-0.4, -0.2) is 23.7 Å². The molecule has 0 saturated heterocycles. The van der Waals surface area contributed by atoms with E-state index in [0.29, 0.717) is 24.7 Å². The number of rotatable bonds is 6. The molecule has 3 N–H and O–H groups in total. The molecule has 0 unspecified atom stereocenters.